The highest BCUT2D eigenvalue weighted by Crippen LogP contribution is 2.20. The van der Waals surface area contributed by atoms with Gasteiger partial charge < -0.3 is 14.7 Å². The van der Waals surface area contributed by atoms with Crippen molar-refractivity contribution in [1.82, 2.24) is 9.80 Å². The van der Waals surface area contributed by atoms with Crippen LogP contribution in [0.5, 0.6) is 5.75 Å². The first-order valence-corrected chi connectivity index (χ1v) is 8.81. The lowest BCUT2D eigenvalue weighted by atomic mass is 10.1. The number of methoxy groups -OCH3 is 1. The summed E-state index contributed by atoms with van der Waals surface area (Å²) in [5, 5.41) is 10.4. The summed E-state index contributed by atoms with van der Waals surface area (Å²) in [5.74, 6) is 1.58. The number of hydrogen-bond acceptors (Lipinski definition) is 4. The van der Waals surface area contributed by atoms with Crippen LogP contribution in [-0.2, 0) is 4.79 Å². The Kier molecular flexibility index (Phi) is 7.06. The number of carbonyl (C=O) groups excluding carboxylic acids is 1. The zero-order valence-corrected chi connectivity index (χ0v) is 15.1. The summed E-state index contributed by atoms with van der Waals surface area (Å²) < 4.78 is 5.21. The third-order valence-corrected chi connectivity index (χ3v) is 4.57. The first-order valence-electron chi connectivity index (χ1n) is 8.81. The fourth-order valence-corrected chi connectivity index (χ4v) is 2.95. The summed E-state index contributed by atoms with van der Waals surface area (Å²) in [6.07, 6.45) is 1.06. The maximum Gasteiger partial charge on any atom is 0.222 e. The van der Waals surface area contributed by atoms with E-state index >= 15 is 0 Å². The summed E-state index contributed by atoms with van der Waals surface area (Å²) in [7, 11) is 1.63. The largest absolute Gasteiger partial charge is 0.497 e. The Labute approximate surface area is 145 Å². The lowest BCUT2D eigenvalue weighted by molar-refractivity contribution is -0.133. The smallest absolute Gasteiger partial charge is 0.222 e. The molecule has 24 heavy (non-hydrogen) atoms. The van der Waals surface area contributed by atoms with Crippen LogP contribution in [0, 0.1) is 5.92 Å². The molecule has 0 radical (unpaired) electrons. The van der Waals surface area contributed by atoms with Gasteiger partial charge in [0, 0.05) is 39.1 Å². The highest BCUT2D eigenvalue weighted by molar-refractivity contribution is 5.76. The van der Waals surface area contributed by atoms with E-state index in [-0.39, 0.29) is 5.91 Å². The molecule has 1 fully saturated rings. The maximum atomic E-state index is 12.2. The number of carbonyl (C=O) groups is 1. The zero-order chi connectivity index (χ0) is 17.5. The summed E-state index contributed by atoms with van der Waals surface area (Å²) in [6.45, 7) is 8.00. The quantitative estimate of drug-likeness (QED) is 0.831. The number of amides is 1. The van der Waals surface area contributed by atoms with Gasteiger partial charge in [-0.2, -0.15) is 0 Å². The molecule has 0 bridgehead atoms. The van der Waals surface area contributed by atoms with Crippen molar-refractivity contribution >= 4 is 5.91 Å². The molecule has 1 N–H and O–H groups in total. The van der Waals surface area contributed by atoms with Gasteiger partial charge in [0.1, 0.15) is 5.75 Å². The molecular formula is C19H30N2O3. The van der Waals surface area contributed by atoms with Crippen LogP contribution in [0.15, 0.2) is 24.3 Å². The molecule has 5 nitrogen and oxygen atoms in total. The van der Waals surface area contributed by atoms with Crippen LogP contribution in [-0.4, -0.2) is 60.6 Å². The minimum atomic E-state index is -0.539. The van der Waals surface area contributed by atoms with Crippen molar-refractivity contribution in [2.75, 3.05) is 39.8 Å². The van der Waals surface area contributed by atoms with Gasteiger partial charge in [0.2, 0.25) is 5.91 Å². The molecule has 1 aromatic rings. The summed E-state index contributed by atoms with van der Waals surface area (Å²) in [6, 6.07) is 7.55. The molecule has 0 unspecified atom stereocenters. The van der Waals surface area contributed by atoms with Gasteiger partial charge in [-0.25, -0.2) is 0 Å². The number of rotatable bonds is 7. The van der Waals surface area contributed by atoms with Crippen molar-refractivity contribution in [2.45, 2.75) is 32.8 Å². The molecule has 0 aliphatic carbocycles. The molecule has 1 amide bonds. The molecular weight excluding hydrogens is 304 g/mol. The number of aliphatic hydroxyl groups is 1. The standard InChI is InChI=1S/C19H30N2O3/c1-15(2)7-8-19(23)21-11-9-20(10-12-21)14-18(22)16-5-4-6-17(13-16)24-3/h4-6,13,15,18,22H,7-12,14H2,1-3H3/t18-/m0/s1. The highest BCUT2D eigenvalue weighted by Gasteiger charge is 2.23. The molecule has 1 atom stereocenters. The number of benzene rings is 1. The third-order valence-electron chi connectivity index (χ3n) is 4.57. The molecule has 1 aliphatic rings. The summed E-state index contributed by atoms with van der Waals surface area (Å²) >= 11 is 0. The predicted octanol–water partition coefficient (Wildman–Crippen LogP) is 2.31. The predicted molar refractivity (Wildman–Crippen MR) is 95.0 cm³/mol. The molecule has 1 heterocycles. The second-order valence-corrected chi connectivity index (χ2v) is 6.91. The van der Waals surface area contributed by atoms with Crippen molar-refractivity contribution in [2.24, 2.45) is 5.92 Å². The van der Waals surface area contributed by atoms with Crippen molar-refractivity contribution in [3.8, 4) is 5.75 Å². The van der Waals surface area contributed by atoms with Crippen LogP contribution in [0.4, 0.5) is 0 Å². The minimum Gasteiger partial charge on any atom is -0.497 e. The van der Waals surface area contributed by atoms with Crippen molar-refractivity contribution in [3.05, 3.63) is 29.8 Å². The van der Waals surface area contributed by atoms with Crippen molar-refractivity contribution in [3.63, 3.8) is 0 Å². The van der Waals surface area contributed by atoms with Gasteiger partial charge >= 0.3 is 0 Å². The van der Waals surface area contributed by atoms with Gasteiger partial charge in [0.25, 0.3) is 0 Å². The summed E-state index contributed by atoms with van der Waals surface area (Å²) in [4.78, 5) is 16.3. The Hall–Kier alpha value is -1.59. The van der Waals surface area contributed by atoms with E-state index in [1.54, 1.807) is 7.11 Å². The lowest BCUT2D eigenvalue weighted by Gasteiger charge is -2.35. The average Bonchev–Trinajstić information content (AvgIpc) is 2.60. The van der Waals surface area contributed by atoms with Crippen LogP contribution in [0.25, 0.3) is 0 Å². The van der Waals surface area contributed by atoms with Crippen LogP contribution in [0.1, 0.15) is 38.4 Å². The number of ether oxygens (including phenoxy) is 1. The van der Waals surface area contributed by atoms with E-state index in [1.807, 2.05) is 29.2 Å². The van der Waals surface area contributed by atoms with E-state index in [9.17, 15) is 9.90 Å². The fraction of sp³-hybridized carbons (Fsp3) is 0.632. The van der Waals surface area contributed by atoms with Gasteiger partial charge in [-0.3, -0.25) is 9.69 Å². The molecule has 1 saturated heterocycles. The molecule has 0 saturated carbocycles. The van der Waals surface area contributed by atoms with E-state index in [0.29, 0.717) is 18.9 Å². The number of piperazine rings is 1. The van der Waals surface area contributed by atoms with E-state index in [1.165, 1.54) is 0 Å². The number of nitrogens with zero attached hydrogens (tertiary/aromatic N) is 2. The second-order valence-electron chi connectivity index (χ2n) is 6.91. The normalized spacial score (nSPS) is 17.1. The first kappa shape index (κ1) is 18.7. The Morgan fingerprint density at radius 1 is 1.25 bits per heavy atom. The van der Waals surface area contributed by atoms with Crippen molar-refractivity contribution < 1.29 is 14.6 Å². The Bertz CT molecular complexity index is 525. The Balaban J connectivity index is 1.79. The molecule has 2 rings (SSSR count). The third kappa shape index (κ3) is 5.49. The van der Waals surface area contributed by atoms with Crippen LogP contribution in [0.2, 0.25) is 0 Å². The van der Waals surface area contributed by atoms with Gasteiger partial charge in [-0.05, 0) is 30.0 Å². The number of hydrogen-bond donors (Lipinski definition) is 1. The molecule has 5 heteroatoms. The number of aliphatic hydroxyl groups excluding tert-OH is 1. The zero-order valence-electron chi connectivity index (χ0n) is 15.1. The van der Waals surface area contributed by atoms with E-state index in [0.717, 1.165) is 43.9 Å². The monoisotopic (exact) mass is 334 g/mol. The molecule has 1 aliphatic heterocycles. The Morgan fingerprint density at radius 2 is 1.96 bits per heavy atom. The van der Waals surface area contributed by atoms with Gasteiger partial charge in [0.05, 0.1) is 13.2 Å². The number of β-amino-alcohol motifs (C(OH)–C–C–N with tert-alkyl or cyclic N) is 1. The molecule has 0 spiro atoms. The van der Waals surface area contributed by atoms with Crippen LogP contribution >= 0.6 is 0 Å². The first-order chi connectivity index (χ1) is 11.5. The average molecular weight is 334 g/mol. The lowest BCUT2D eigenvalue weighted by Crippen LogP contribution is -2.49. The van der Waals surface area contributed by atoms with Crippen LogP contribution < -0.4 is 4.74 Å². The van der Waals surface area contributed by atoms with Crippen LogP contribution in [0.3, 0.4) is 0 Å². The fourth-order valence-electron chi connectivity index (χ4n) is 2.95. The van der Waals surface area contributed by atoms with E-state index < -0.39 is 6.10 Å². The Morgan fingerprint density at radius 3 is 2.58 bits per heavy atom. The summed E-state index contributed by atoms with van der Waals surface area (Å²) in [5.41, 5.74) is 0.866. The SMILES string of the molecule is COc1cccc([C@@H](O)CN2CCN(C(=O)CCC(C)C)CC2)c1. The topological polar surface area (TPSA) is 53.0 Å². The van der Waals surface area contributed by atoms with Crippen molar-refractivity contribution in [1.29, 1.82) is 0 Å². The molecule has 0 aromatic heterocycles. The second kappa shape index (κ2) is 9.04. The molecule has 134 valence electrons. The van der Waals surface area contributed by atoms with Gasteiger partial charge in [0.15, 0.2) is 0 Å². The van der Waals surface area contributed by atoms with E-state index in [2.05, 4.69) is 18.7 Å². The molecule has 1 aromatic carbocycles. The maximum absolute atomic E-state index is 12.2. The van der Waals surface area contributed by atoms with Gasteiger partial charge in [-0.15, -0.1) is 0 Å². The minimum absolute atomic E-state index is 0.261. The van der Waals surface area contributed by atoms with Gasteiger partial charge in [-0.1, -0.05) is 26.0 Å². The highest BCUT2D eigenvalue weighted by atomic mass is 16.5. The van der Waals surface area contributed by atoms with E-state index in [4.69, 9.17) is 4.74 Å².